The molecule has 0 fully saturated rings. The predicted octanol–water partition coefficient (Wildman–Crippen LogP) is -1.61. The fraction of sp³-hybridized carbons (Fsp3) is 0.639. The lowest BCUT2D eigenvalue weighted by atomic mass is 9.75. The van der Waals surface area contributed by atoms with Crippen LogP contribution >= 0.6 is 0 Å². The van der Waals surface area contributed by atoms with Crippen LogP contribution in [-0.4, -0.2) is 114 Å². The van der Waals surface area contributed by atoms with Crippen LogP contribution in [0.2, 0.25) is 0 Å². The number of rotatable bonds is 24. The maximum atomic E-state index is 13.6. The lowest BCUT2D eigenvalue weighted by Crippen LogP contribution is -2.57. The van der Waals surface area contributed by atoms with Gasteiger partial charge in [-0.05, 0) is 62.8 Å². The van der Waals surface area contributed by atoms with Gasteiger partial charge in [0.05, 0.1) is 19.0 Å². The molecule has 18 nitrogen and oxygen atoms in total. The first-order valence-electron chi connectivity index (χ1n) is 18.4. The van der Waals surface area contributed by atoms with Crippen molar-refractivity contribution < 1.29 is 48.7 Å². The quantitative estimate of drug-likeness (QED) is 0.0187. The van der Waals surface area contributed by atoms with Crippen molar-refractivity contribution in [2.24, 2.45) is 34.2 Å². The highest BCUT2D eigenvalue weighted by Crippen LogP contribution is 2.19. The van der Waals surface area contributed by atoms with Crippen molar-refractivity contribution in [2.45, 2.75) is 116 Å². The van der Waals surface area contributed by atoms with E-state index in [2.05, 4.69) is 31.6 Å². The lowest BCUT2D eigenvalue weighted by molar-refractivity contribution is -0.146. The maximum Gasteiger partial charge on any atom is 0.475 e. The summed E-state index contributed by atoms with van der Waals surface area (Å²) in [4.78, 5) is 82.2. The Hall–Kier alpha value is -4.75. The largest absolute Gasteiger partial charge is 0.475 e. The summed E-state index contributed by atoms with van der Waals surface area (Å²) in [6.45, 7) is 10.2. The molecule has 0 heterocycles. The second-order valence-electron chi connectivity index (χ2n) is 14.5. The minimum absolute atomic E-state index is 0.0690. The van der Waals surface area contributed by atoms with E-state index in [-0.39, 0.29) is 56.4 Å². The molecule has 5 amide bonds. The van der Waals surface area contributed by atoms with Gasteiger partial charge in [-0.15, -0.1) is 0 Å². The van der Waals surface area contributed by atoms with E-state index in [9.17, 15) is 43.9 Å². The van der Waals surface area contributed by atoms with Gasteiger partial charge in [0, 0.05) is 19.5 Å². The van der Waals surface area contributed by atoms with E-state index < -0.39 is 84.8 Å². The van der Waals surface area contributed by atoms with Gasteiger partial charge in [-0.2, -0.15) is 0 Å². The number of aliphatic imine (C=N–C) groups is 1. The third kappa shape index (κ3) is 18.9. The summed E-state index contributed by atoms with van der Waals surface area (Å²) in [5.41, 5.74) is 11.4. The van der Waals surface area contributed by atoms with Crippen molar-refractivity contribution >= 4 is 48.6 Å². The number of hydrogen-bond donors (Lipinski definition) is 10. The molecular formula is C36H61BN8O10. The number of aliphatic hydroxyl groups is 1. The highest BCUT2D eigenvalue weighted by molar-refractivity contribution is 6.43. The second kappa shape index (κ2) is 24.6. The first-order chi connectivity index (χ1) is 25.7. The molecular weight excluding hydrogens is 715 g/mol. The van der Waals surface area contributed by atoms with Crippen LogP contribution in [0.15, 0.2) is 35.3 Å². The molecule has 1 aromatic rings. The van der Waals surface area contributed by atoms with Crippen LogP contribution in [0.4, 0.5) is 0 Å². The van der Waals surface area contributed by atoms with Crippen molar-refractivity contribution in [3.8, 4) is 0 Å². The molecule has 0 unspecified atom stereocenters. The topological polar surface area (TPSA) is 297 Å². The molecule has 0 aromatic heterocycles. The fourth-order valence-electron chi connectivity index (χ4n) is 5.82. The molecule has 12 N–H and O–H groups in total. The number of ether oxygens (including phenoxy) is 1. The number of amides is 5. The van der Waals surface area contributed by atoms with Gasteiger partial charge in [-0.1, -0.05) is 58.0 Å². The summed E-state index contributed by atoms with van der Waals surface area (Å²) < 4.78 is 4.83. The lowest BCUT2D eigenvalue weighted by Gasteiger charge is -2.29. The van der Waals surface area contributed by atoms with Crippen molar-refractivity contribution in [3.63, 3.8) is 0 Å². The van der Waals surface area contributed by atoms with Gasteiger partial charge >= 0.3 is 13.1 Å². The average molecular weight is 777 g/mol. The smallest absolute Gasteiger partial charge is 0.467 e. The monoisotopic (exact) mass is 776 g/mol. The number of guanidine groups is 1. The van der Waals surface area contributed by atoms with Crippen molar-refractivity contribution in [3.05, 3.63) is 35.9 Å². The summed E-state index contributed by atoms with van der Waals surface area (Å²) >= 11 is 0. The number of nitrogens with zero attached hydrogens (tertiary/aromatic N) is 1. The van der Waals surface area contributed by atoms with Gasteiger partial charge < -0.3 is 57.9 Å². The number of carbonyl (C=O) groups is 6. The zero-order chi connectivity index (χ0) is 41.8. The average Bonchev–Trinajstić information content (AvgIpc) is 3.09. The Morgan fingerprint density at radius 3 is 1.85 bits per heavy atom. The van der Waals surface area contributed by atoms with Gasteiger partial charge in [0.25, 0.3) is 0 Å². The minimum Gasteiger partial charge on any atom is -0.467 e. The van der Waals surface area contributed by atoms with E-state index in [1.165, 1.54) is 14.0 Å². The molecule has 308 valence electrons. The Morgan fingerprint density at radius 1 is 0.764 bits per heavy atom. The van der Waals surface area contributed by atoms with Crippen LogP contribution in [0.5, 0.6) is 0 Å². The molecule has 7 atom stereocenters. The van der Waals surface area contributed by atoms with E-state index in [0.29, 0.717) is 6.42 Å². The van der Waals surface area contributed by atoms with E-state index >= 15 is 0 Å². The summed E-state index contributed by atoms with van der Waals surface area (Å²) in [5.74, 6) is -7.16. The van der Waals surface area contributed by atoms with E-state index in [4.69, 9.17) is 16.2 Å². The number of hydrogen-bond acceptors (Lipinski definition) is 11. The summed E-state index contributed by atoms with van der Waals surface area (Å²) in [6.07, 6.45) is -1.26. The van der Waals surface area contributed by atoms with Crippen molar-refractivity contribution in [1.82, 2.24) is 26.6 Å². The molecule has 0 bridgehead atoms. The number of benzene rings is 1. The van der Waals surface area contributed by atoms with Gasteiger partial charge in [-0.25, -0.2) is 4.79 Å². The molecule has 0 aliphatic carbocycles. The van der Waals surface area contributed by atoms with Gasteiger partial charge in [0.15, 0.2) is 5.96 Å². The molecule has 1 rings (SSSR count). The van der Waals surface area contributed by atoms with E-state index in [1.807, 2.05) is 13.8 Å². The number of nitrogens with two attached hydrogens (primary N) is 2. The Bertz CT molecular complexity index is 1430. The van der Waals surface area contributed by atoms with Crippen LogP contribution in [0.1, 0.15) is 79.2 Å². The molecule has 0 aliphatic rings. The minimum atomic E-state index is -1.91. The fourth-order valence-corrected chi connectivity index (χ4v) is 5.82. The normalized spacial score (nSPS) is 14.9. The molecule has 1 aromatic carbocycles. The maximum absolute atomic E-state index is 13.6. The molecule has 0 aliphatic heterocycles. The SMILES string of the molecule is COC(=O)[C@H](CCCN=C(N)N)NC(=O)[C@H](CC(C)C)NC(=O)[C@@H](O)[C@H](CC(C)C)C(=O)N[C@@H](C)C[C@H](NC(C)=O)C(=O)N[C@@H](Cc1ccccc1)B(O)O. The third-order valence-corrected chi connectivity index (χ3v) is 8.46. The van der Waals surface area contributed by atoms with Gasteiger partial charge in [0.2, 0.25) is 29.5 Å². The number of nitrogens with one attached hydrogen (secondary N) is 5. The molecule has 55 heavy (non-hydrogen) atoms. The van der Waals surface area contributed by atoms with E-state index in [1.54, 1.807) is 51.1 Å². The van der Waals surface area contributed by atoms with Gasteiger partial charge in [-0.3, -0.25) is 29.0 Å². The molecule has 0 spiro atoms. The zero-order valence-electron chi connectivity index (χ0n) is 32.9. The Morgan fingerprint density at radius 2 is 1.33 bits per heavy atom. The molecule has 19 heteroatoms. The van der Waals surface area contributed by atoms with E-state index in [0.717, 1.165) is 5.56 Å². The van der Waals surface area contributed by atoms with Crippen LogP contribution in [0, 0.1) is 17.8 Å². The zero-order valence-corrected chi connectivity index (χ0v) is 32.9. The third-order valence-electron chi connectivity index (χ3n) is 8.46. The highest BCUT2D eigenvalue weighted by Gasteiger charge is 2.37. The number of aliphatic hydroxyl groups excluding tert-OH is 1. The Kier molecular flexibility index (Phi) is 21.6. The second-order valence-corrected chi connectivity index (χ2v) is 14.5. The van der Waals surface area contributed by atoms with Crippen molar-refractivity contribution in [2.75, 3.05) is 13.7 Å². The van der Waals surface area contributed by atoms with Gasteiger partial charge in [0.1, 0.15) is 24.2 Å². The van der Waals surface area contributed by atoms with Crippen LogP contribution in [0.25, 0.3) is 0 Å². The van der Waals surface area contributed by atoms with Crippen molar-refractivity contribution in [1.29, 1.82) is 0 Å². The molecule has 0 saturated carbocycles. The summed E-state index contributed by atoms with van der Waals surface area (Å²) in [6, 6.07) is 4.59. The Balaban J connectivity index is 3.12. The Labute approximate surface area is 323 Å². The number of methoxy groups -OCH3 is 1. The number of carbonyl (C=O) groups excluding carboxylic acids is 6. The first kappa shape index (κ1) is 48.3. The molecule has 0 radical (unpaired) electrons. The summed E-state index contributed by atoms with van der Waals surface area (Å²) in [5, 5.41) is 44.1. The van der Waals surface area contributed by atoms with Crippen LogP contribution in [-0.2, 0) is 39.9 Å². The predicted molar refractivity (Wildman–Crippen MR) is 206 cm³/mol. The summed E-state index contributed by atoms with van der Waals surface area (Å²) in [7, 11) is -0.742. The van der Waals surface area contributed by atoms with Crippen LogP contribution < -0.4 is 38.1 Å². The number of esters is 1. The standard InChI is InChI=1S/C36H61BN8O10/c1-20(2)16-25(30(47)34(51)44-27(17-21(3)4)32(49)43-26(35(52)55-7)14-11-15-40-36(38)39)31(48)41-22(5)18-28(42-23(6)46)33(50)45-29(37(53)54)19-24-12-9-8-10-13-24/h8-10,12-13,20-22,25-30,47,53-54H,11,14-19H2,1-7H3,(H,41,48)(H,42,46)(H,43,49)(H,44,51)(H,45,50)(H4,38,39,40)/t22-,25-,26-,27-,28-,29-,30-/m0/s1. The first-order valence-corrected chi connectivity index (χ1v) is 18.4. The molecule has 0 saturated heterocycles. The highest BCUT2D eigenvalue weighted by atomic mass is 16.5. The van der Waals surface area contributed by atoms with Crippen LogP contribution in [0.3, 0.4) is 0 Å².